The third-order valence-electron chi connectivity index (χ3n) is 4.00. The standard InChI is InChI=1S/C20H27N3O2S2/c1-5-21-20(23-14-17-9-6-15(2)12-19(17)26-3)22-13-16-7-10-18(11-8-16)27(4,24)25/h6-12H,5,13-14H2,1-4H3,(H2,21,22,23). The molecule has 0 aliphatic carbocycles. The van der Waals surface area contributed by atoms with Crippen molar-refractivity contribution >= 4 is 27.6 Å². The zero-order chi connectivity index (χ0) is 19.9. The highest BCUT2D eigenvalue weighted by molar-refractivity contribution is 7.98. The van der Waals surface area contributed by atoms with Gasteiger partial charge in [-0.15, -0.1) is 11.8 Å². The number of hydrogen-bond acceptors (Lipinski definition) is 4. The molecule has 0 saturated carbocycles. The molecule has 7 heteroatoms. The zero-order valence-electron chi connectivity index (χ0n) is 16.2. The van der Waals surface area contributed by atoms with E-state index in [1.54, 1.807) is 36.0 Å². The van der Waals surface area contributed by atoms with Crippen LogP contribution in [0.5, 0.6) is 0 Å². The first kappa shape index (κ1) is 21.3. The molecule has 146 valence electrons. The van der Waals surface area contributed by atoms with Crippen molar-refractivity contribution in [2.75, 3.05) is 19.1 Å². The minimum atomic E-state index is -3.17. The van der Waals surface area contributed by atoms with Crippen LogP contribution in [0.25, 0.3) is 0 Å². The lowest BCUT2D eigenvalue weighted by atomic mass is 10.1. The first-order chi connectivity index (χ1) is 12.8. The normalized spacial score (nSPS) is 12.1. The second-order valence-corrected chi connectivity index (χ2v) is 9.14. The molecule has 0 aromatic heterocycles. The number of thioether (sulfide) groups is 1. The molecule has 0 aliphatic heterocycles. The molecule has 2 aromatic carbocycles. The van der Waals surface area contributed by atoms with Crippen LogP contribution in [0.4, 0.5) is 0 Å². The molecule has 0 fully saturated rings. The molecule has 2 aromatic rings. The van der Waals surface area contributed by atoms with Crippen LogP contribution in [0.15, 0.2) is 57.2 Å². The molecule has 0 heterocycles. The van der Waals surface area contributed by atoms with Crippen LogP contribution < -0.4 is 10.6 Å². The molecular weight excluding hydrogens is 378 g/mol. The molecule has 0 unspecified atom stereocenters. The van der Waals surface area contributed by atoms with Crippen molar-refractivity contribution in [3.05, 3.63) is 59.2 Å². The Labute approximate surface area is 166 Å². The highest BCUT2D eigenvalue weighted by atomic mass is 32.2. The minimum absolute atomic E-state index is 0.323. The lowest BCUT2D eigenvalue weighted by Gasteiger charge is -2.14. The number of benzene rings is 2. The van der Waals surface area contributed by atoms with Gasteiger partial charge in [-0.3, -0.25) is 0 Å². The van der Waals surface area contributed by atoms with Crippen molar-refractivity contribution < 1.29 is 8.42 Å². The molecular formula is C20H27N3O2S2. The van der Waals surface area contributed by atoms with Gasteiger partial charge in [-0.05, 0) is 55.0 Å². The fourth-order valence-electron chi connectivity index (χ4n) is 2.53. The van der Waals surface area contributed by atoms with Gasteiger partial charge < -0.3 is 10.6 Å². The summed E-state index contributed by atoms with van der Waals surface area (Å²) in [5, 5.41) is 6.61. The molecule has 2 rings (SSSR count). The van der Waals surface area contributed by atoms with Gasteiger partial charge in [-0.2, -0.15) is 0 Å². The Balaban J connectivity index is 2.06. The van der Waals surface area contributed by atoms with Gasteiger partial charge in [0.05, 0.1) is 11.4 Å². The van der Waals surface area contributed by atoms with Crippen LogP contribution in [-0.4, -0.2) is 33.4 Å². The van der Waals surface area contributed by atoms with Crippen LogP contribution >= 0.6 is 11.8 Å². The van der Waals surface area contributed by atoms with Crippen molar-refractivity contribution in [3.8, 4) is 0 Å². The predicted octanol–water partition coefficient (Wildman–Crippen LogP) is 3.38. The van der Waals surface area contributed by atoms with E-state index in [4.69, 9.17) is 0 Å². The Kier molecular flexibility index (Phi) is 7.74. The summed E-state index contributed by atoms with van der Waals surface area (Å²) >= 11 is 1.74. The summed E-state index contributed by atoms with van der Waals surface area (Å²) in [5.41, 5.74) is 3.44. The largest absolute Gasteiger partial charge is 0.357 e. The Morgan fingerprint density at radius 3 is 2.41 bits per heavy atom. The van der Waals surface area contributed by atoms with Crippen molar-refractivity contribution in [2.24, 2.45) is 4.99 Å². The third kappa shape index (κ3) is 6.59. The highest BCUT2D eigenvalue weighted by Crippen LogP contribution is 2.21. The Hall–Kier alpha value is -1.99. The first-order valence-corrected chi connectivity index (χ1v) is 11.9. The SMILES string of the molecule is CCNC(=NCc1ccc(S(C)(=O)=O)cc1)NCc1ccc(C)cc1SC. The maximum absolute atomic E-state index is 11.5. The fourth-order valence-corrected chi connectivity index (χ4v) is 3.87. The number of aryl methyl sites for hydroxylation is 1. The molecule has 0 spiro atoms. The van der Waals surface area contributed by atoms with Gasteiger partial charge in [0.15, 0.2) is 15.8 Å². The van der Waals surface area contributed by atoms with Crippen LogP contribution in [-0.2, 0) is 22.9 Å². The van der Waals surface area contributed by atoms with E-state index in [0.29, 0.717) is 18.0 Å². The van der Waals surface area contributed by atoms with Crippen molar-refractivity contribution in [1.82, 2.24) is 10.6 Å². The van der Waals surface area contributed by atoms with Gasteiger partial charge >= 0.3 is 0 Å². The summed E-state index contributed by atoms with van der Waals surface area (Å²) in [6.07, 6.45) is 3.29. The van der Waals surface area contributed by atoms with E-state index in [2.05, 4.69) is 47.0 Å². The van der Waals surface area contributed by atoms with E-state index < -0.39 is 9.84 Å². The lowest BCUT2D eigenvalue weighted by molar-refractivity contribution is 0.602. The summed E-state index contributed by atoms with van der Waals surface area (Å²) in [5.74, 6) is 0.734. The molecule has 2 N–H and O–H groups in total. The molecule has 5 nitrogen and oxygen atoms in total. The van der Waals surface area contributed by atoms with E-state index in [1.165, 1.54) is 22.3 Å². The van der Waals surface area contributed by atoms with Crippen LogP contribution in [0.3, 0.4) is 0 Å². The van der Waals surface area contributed by atoms with Crippen LogP contribution in [0, 0.1) is 6.92 Å². The van der Waals surface area contributed by atoms with E-state index >= 15 is 0 Å². The number of rotatable bonds is 7. The van der Waals surface area contributed by atoms with Gasteiger partial charge in [0, 0.05) is 24.2 Å². The average Bonchev–Trinajstić information content (AvgIpc) is 2.64. The van der Waals surface area contributed by atoms with Gasteiger partial charge in [-0.1, -0.05) is 24.3 Å². The molecule has 0 bridgehead atoms. The Morgan fingerprint density at radius 2 is 1.81 bits per heavy atom. The van der Waals surface area contributed by atoms with Crippen molar-refractivity contribution in [3.63, 3.8) is 0 Å². The van der Waals surface area contributed by atoms with Crippen LogP contribution in [0.1, 0.15) is 23.6 Å². The Morgan fingerprint density at radius 1 is 1.11 bits per heavy atom. The van der Waals surface area contributed by atoms with Gasteiger partial charge in [0.2, 0.25) is 0 Å². The van der Waals surface area contributed by atoms with Gasteiger partial charge in [0.25, 0.3) is 0 Å². The number of hydrogen-bond donors (Lipinski definition) is 2. The number of guanidine groups is 1. The number of sulfone groups is 1. The lowest BCUT2D eigenvalue weighted by Crippen LogP contribution is -2.36. The molecule has 0 radical (unpaired) electrons. The average molecular weight is 406 g/mol. The van der Waals surface area contributed by atoms with Gasteiger partial charge in [-0.25, -0.2) is 13.4 Å². The maximum atomic E-state index is 11.5. The number of aliphatic imine (C=N–C) groups is 1. The van der Waals surface area contributed by atoms with E-state index in [0.717, 1.165) is 18.1 Å². The fraction of sp³-hybridized carbons (Fsp3) is 0.350. The molecule has 0 atom stereocenters. The van der Waals surface area contributed by atoms with E-state index in [9.17, 15) is 8.42 Å². The summed E-state index contributed by atoms with van der Waals surface area (Å²) in [4.78, 5) is 6.18. The van der Waals surface area contributed by atoms with Crippen molar-refractivity contribution in [2.45, 2.75) is 36.7 Å². The Bertz CT molecular complexity index is 892. The smallest absolute Gasteiger partial charge is 0.191 e. The second-order valence-electron chi connectivity index (χ2n) is 6.28. The molecule has 0 aliphatic rings. The predicted molar refractivity (Wildman–Crippen MR) is 114 cm³/mol. The quantitative estimate of drug-likeness (QED) is 0.420. The molecule has 0 saturated heterocycles. The third-order valence-corrected chi connectivity index (χ3v) is 5.95. The number of nitrogens with zero attached hydrogens (tertiary/aromatic N) is 1. The summed E-state index contributed by atoms with van der Waals surface area (Å²) in [7, 11) is -3.17. The van der Waals surface area contributed by atoms with Crippen LogP contribution in [0.2, 0.25) is 0 Å². The second kappa shape index (κ2) is 9.80. The monoisotopic (exact) mass is 405 g/mol. The number of nitrogens with one attached hydrogen (secondary N) is 2. The topological polar surface area (TPSA) is 70.6 Å². The maximum Gasteiger partial charge on any atom is 0.191 e. The summed E-state index contributed by atoms with van der Waals surface area (Å²) < 4.78 is 23.1. The van der Waals surface area contributed by atoms with Gasteiger partial charge in [0.1, 0.15) is 0 Å². The van der Waals surface area contributed by atoms with Crippen molar-refractivity contribution in [1.29, 1.82) is 0 Å². The zero-order valence-corrected chi connectivity index (χ0v) is 17.9. The highest BCUT2D eigenvalue weighted by Gasteiger charge is 2.07. The summed E-state index contributed by atoms with van der Waals surface area (Å²) in [6.45, 7) is 6.05. The van der Waals surface area contributed by atoms with E-state index in [1.807, 2.05) is 6.92 Å². The van der Waals surface area contributed by atoms with E-state index in [-0.39, 0.29) is 0 Å². The molecule has 0 amide bonds. The first-order valence-electron chi connectivity index (χ1n) is 8.78. The molecule has 27 heavy (non-hydrogen) atoms. The minimum Gasteiger partial charge on any atom is -0.357 e. The summed E-state index contributed by atoms with van der Waals surface area (Å²) in [6, 6.07) is 13.3.